The van der Waals surface area contributed by atoms with Crippen LogP contribution in [0.2, 0.25) is 0 Å². The zero-order valence-electron chi connectivity index (χ0n) is 11.5. The van der Waals surface area contributed by atoms with E-state index in [1.807, 2.05) is 0 Å². The molecule has 1 rings (SSSR count). The maximum Gasteiger partial charge on any atom is 0.304 e. The molecule has 0 aliphatic heterocycles. The number of likely N-dealkylation sites (N-methyl/N-ethyl adjacent to an activating group) is 1. The Morgan fingerprint density at radius 2 is 2.05 bits per heavy atom. The third-order valence-electron chi connectivity index (χ3n) is 2.29. The largest absolute Gasteiger partial charge is 0.372 e. The van der Waals surface area contributed by atoms with Gasteiger partial charge in [-0.2, -0.15) is 0 Å². The molecule has 0 fully saturated rings. The second-order valence-corrected chi connectivity index (χ2v) is 6.89. The first-order valence-electron chi connectivity index (χ1n) is 6.10. The summed E-state index contributed by atoms with van der Waals surface area (Å²) in [6, 6.07) is 0.975. The van der Waals surface area contributed by atoms with Gasteiger partial charge < -0.3 is 10.6 Å². The van der Waals surface area contributed by atoms with Crippen LogP contribution in [0.15, 0.2) is 10.3 Å². The summed E-state index contributed by atoms with van der Waals surface area (Å²) in [6.07, 6.45) is 0. The normalized spacial score (nSPS) is 11.1. The average Bonchev–Trinajstić information content (AvgIpc) is 2.82. The van der Waals surface area contributed by atoms with Gasteiger partial charge in [-0.25, -0.2) is 13.1 Å². The maximum atomic E-state index is 12.0. The minimum Gasteiger partial charge on any atom is -0.372 e. The van der Waals surface area contributed by atoms with Crippen molar-refractivity contribution in [1.29, 1.82) is 0 Å². The van der Waals surface area contributed by atoms with E-state index in [9.17, 15) is 23.3 Å². The fourth-order valence-electron chi connectivity index (χ4n) is 1.41. The van der Waals surface area contributed by atoms with Crippen molar-refractivity contribution in [3.8, 4) is 0 Å². The summed E-state index contributed by atoms with van der Waals surface area (Å²) in [5.41, 5.74) is -0.305. The molecule has 0 aromatic carbocycles. The van der Waals surface area contributed by atoms with Gasteiger partial charge in [0.05, 0.1) is 11.5 Å². The van der Waals surface area contributed by atoms with Crippen LogP contribution in [0, 0.1) is 10.1 Å². The fourth-order valence-corrected chi connectivity index (χ4v) is 3.83. The molecule has 0 spiro atoms. The summed E-state index contributed by atoms with van der Waals surface area (Å²) < 4.78 is 25.9. The van der Waals surface area contributed by atoms with E-state index in [0.717, 1.165) is 17.4 Å². The van der Waals surface area contributed by atoms with E-state index in [-0.39, 0.29) is 14.9 Å². The van der Waals surface area contributed by atoms with Crippen molar-refractivity contribution < 1.29 is 18.1 Å². The van der Waals surface area contributed by atoms with Crippen LogP contribution in [0.5, 0.6) is 0 Å². The molecule has 1 amide bonds. The Labute approximate surface area is 125 Å². The Balaban J connectivity index is 2.95. The van der Waals surface area contributed by atoms with E-state index in [2.05, 4.69) is 15.4 Å². The van der Waals surface area contributed by atoms with E-state index in [1.165, 1.54) is 0 Å². The molecule has 9 nitrogen and oxygen atoms in total. The molecule has 21 heavy (non-hydrogen) atoms. The molecular formula is C10H16N4O5S2. The second kappa shape index (κ2) is 7.33. The number of carbonyl (C=O) groups excluding carboxylic acids is 1. The maximum absolute atomic E-state index is 12.0. The molecule has 0 aliphatic carbocycles. The van der Waals surface area contributed by atoms with Crippen molar-refractivity contribution in [2.75, 3.05) is 25.0 Å². The van der Waals surface area contributed by atoms with E-state index in [0.29, 0.717) is 13.1 Å². The van der Waals surface area contributed by atoms with Crippen molar-refractivity contribution in [3.05, 3.63) is 16.2 Å². The topological polar surface area (TPSA) is 130 Å². The first-order chi connectivity index (χ1) is 9.81. The third kappa shape index (κ3) is 4.65. The van der Waals surface area contributed by atoms with Crippen molar-refractivity contribution >= 4 is 38.0 Å². The van der Waals surface area contributed by atoms with Crippen LogP contribution in [0.25, 0.3) is 0 Å². The number of nitrogens with zero attached hydrogens (tertiary/aromatic N) is 1. The lowest BCUT2D eigenvalue weighted by Gasteiger charge is -2.04. The summed E-state index contributed by atoms with van der Waals surface area (Å²) in [7, 11) is -3.96. The van der Waals surface area contributed by atoms with Crippen molar-refractivity contribution in [2.45, 2.75) is 18.1 Å². The molecule has 0 aliphatic rings. The van der Waals surface area contributed by atoms with Crippen molar-refractivity contribution in [3.63, 3.8) is 0 Å². The summed E-state index contributed by atoms with van der Waals surface area (Å²) >= 11 is 0.749. The molecule has 0 bridgehead atoms. The van der Waals surface area contributed by atoms with Gasteiger partial charge in [0.25, 0.3) is 10.0 Å². The first kappa shape index (κ1) is 17.3. The van der Waals surface area contributed by atoms with E-state index < -0.39 is 27.4 Å². The van der Waals surface area contributed by atoms with Gasteiger partial charge in [0.1, 0.15) is 4.21 Å². The summed E-state index contributed by atoms with van der Waals surface area (Å²) in [5, 5.41) is 16.2. The lowest BCUT2D eigenvalue weighted by molar-refractivity contribution is -0.383. The van der Waals surface area contributed by atoms with Gasteiger partial charge in [-0.15, -0.1) is 0 Å². The Kier molecular flexibility index (Phi) is 6.05. The van der Waals surface area contributed by atoms with Gasteiger partial charge in [0.2, 0.25) is 5.91 Å². The summed E-state index contributed by atoms with van der Waals surface area (Å²) in [5.74, 6) is -0.473. The van der Waals surface area contributed by atoms with E-state index >= 15 is 0 Å². The van der Waals surface area contributed by atoms with Gasteiger partial charge in [-0.1, -0.05) is 11.3 Å². The molecule has 0 unspecified atom stereocenters. The number of nitro groups is 1. The highest BCUT2D eigenvalue weighted by Gasteiger charge is 2.26. The van der Waals surface area contributed by atoms with Crippen molar-refractivity contribution in [2.24, 2.45) is 0 Å². The number of hydrogen-bond donors (Lipinski definition) is 3. The number of carbonyl (C=O) groups is 1. The average molecular weight is 336 g/mol. The molecule has 3 N–H and O–H groups in total. The third-order valence-corrected chi connectivity index (χ3v) is 5.24. The van der Waals surface area contributed by atoms with Gasteiger partial charge >= 0.3 is 5.69 Å². The molecule has 0 saturated heterocycles. The van der Waals surface area contributed by atoms with Crippen LogP contribution >= 0.6 is 11.3 Å². The molecule has 11 heteroatoms. The van der Waals surface area contributed by atoms with Crippen LogP contribution in [-0.2, 0) is 14.8 Å². The zero-order chi connectivity index (χ0) is 16.0. The SMILES string of the molecule is CCNC(=O)CNS(=O)(=O)c1cc([N+](=O)[O-])c(NCC)s1. The molecule has 0 atom stereocenters. The molecule has 1 aromatic heterocycles. The summed E-state index contributed by atoms with van der Waals surface area (Å²) in [4.78, 5) is 21.5. The Bertz CT molecular complexity index is 625. The number of nitrogens with one attached hydrogen (secondary N) is 3. The van der Waals surface area contributed by atoms with Crippen LogP contribution in [0.4, 0.5) is 10.7 Å². The van der Waals surface area contributed by atoms with Crippen LogP contribution in [-0.4, -0.2) is 38.9 Å². The predicted octanol–water partition coefficient (Wildman–Crippen LogP) is 0.502. The first-order valence-corrected chi connectivity index (χ1v) is 8.40. The highest BCUT2D eigenvalue weighted by atomic mass is 32.2. The molecule has 0 radical (unpaired) electrons. The van der Waals surface area contributed by atoms with Gasteiger partial charge in [0.15, 0.2) is 5.00 Å². The lowest BCUT2D eigenvalue weighted by Crippen LogP contribution is -2.36. The van der Waals surface area contributed by atoms with Crippen LogP contribution in [0.3, 0.4) is 0 Å². The number of amides is 1. The molecule has 1 aromatic rings. The molecule has 0 saturated carbocycles. The fraction of sp³-hybridized carbons (Fsp3) is 0.500. The quantitative estimate of drug-likeness (QED) is 0.468. The molecule has 118 valence electrons. The Morgan fingerprint density at radius 1 is 1.38 bits per heavy atom. The number of hydrogen-bond acceptors (Lipinski definition) is 7. The van der Waals surface area contributed by atoms with Crippen molar-refractivity contribution in [1.82, 2.24) is 10.0 Å². The monoisotopic (exact) mass is 336 g/mol. The Hall–Kier alpha value is -1.72. The standard InChI is InChI=1S/C10H16N4O5S2/c1-3-11-8(15)6-13-21(18,19)9-5-7(14(16)17)10(20-9)12-4-2/h5,12-13H,3-4,6H2,1-2H3,(H,11,15). The number of sulfonamides is 1. The second-order valence-electron chi connectivity index (χ2n) is 3.85. The minimum atomic E-state index is -3.96. The van der Waals surface area contributed by atoms with Crippen LogP contribution < -0.4 is 15.4 Å². The number of rotatable bonds is 8. The lowest BCUT2D eigenvalue weighted by atomic mass is 10.5. The predicted molar refractivity (Wildman–Crippen MR) is 79.0 cm³/mol. The summed E-state index contributed by atoms with van der Waals surface area (Å²) in [6.45, 7) is 3.84. The highest BCUT2D eigenvalue weighted by molar-refractivity contribution is 7.91. The van der Waals surface area contributed by atoms with Crippen LogP contribution in [0.1, 0.15) is 13.8 Å². The van der Waals surface area contributed by atoms with Gasteiger partial charge in [-0.05, 0) is 13.8 Å². The van der Waals surface area contributed by atoms with Gasteiger partial charge in [-0.3, -0.25) is 14.9 Å². The van der Waals surface area contributed by atoms with E-state index in [4.69, 9.17) is 0 Å². The molecule has 1 heterocycles. The van der Waals surface area contributed by atoms with Gasteiger partial charge in [0, 0.05) is 19.2 Å². The zero-order valence-corrected chi connectivity index (χ0v) is 13.1. The smallest absolute Gasteiger partial charge is 0.304 e. The minimum absolute atomic E-state index is 0.167. The number of anilines is 1. The molecular weight excluding hydrogens is 320 g/mol. The van der Waals surface area contributed by atoms with E-state index in [1.54, 1.807) is 13.8 Å². The Morgan fingerprint density at radius 3 is 2.57 bits per heavy atom. The highest BCUT2D eigenvalue weighted by Crippen LogP contribution is 2.36. The number of thiophene rings is 1.